The molecular formula is C24H32FN3O3S. The molecule has 2 N–H and O–H groups in total. The van der Waals surface area contributed by atoms with Crippen LogP contribution in [0.4, 0.5) is 4.39 Å². The Morgan fingerprint density at radius 2 is 1.81 bits per heavy atom. The predicted molar refractivity (Wildman–Crippen MR) is 127 cm³/mol. The third-order valence-corrected chi connectivity index (χ3v) is 5.33. The van der Waals surface area contributed by atoms with Crippen molar-refractivity contribution < 1.29 is 18.4 Å². The van der Waals surface area contributed by atoms with Crippen LogP contribution < -0.4 is 10.6 Å². The smallest absolute Gasteiger partial charge is 0.257 e. The van der Waals surface area contributed by atoms with Gasteiger partial charge in [0.05, 0.1) is 17.9 Å². The monoisotopic (exact) mass is 461 g/mol. The largest absolute Gasteiger partial charge is 0.472 e. The summed E-state index contributed by atoms with van der Waals surface area (Å²) in [5, 5.41) is 6.00. The van der Waals surface area contributed by atoms with Crippen LogP contribution in [0.1, 0.15) is 62.5 Å². The third kappa shape index (κ3) is 8.07. The van der Waals surface area contributed by atoms with Crippen LogP contribution in [0.2, 0.25) is 0 Å². The lowest BCUT2D eigenvalue weighted by molar-refractivity contribution is -0.123. The summed E-state index contributed by atoms with van der Waals surface area (Å²) in [6, 6.07) is 7.61. The van der Waals surface area contributed by atoms with E-state index in [0.29, 0.717) is 37.4 Å². The number of furan rings is 1. The van der Waals surface area contributed by atoms with Crippen LogP contribution in [-0.2, 0) is 4.79 Å². The molecular weight excluding hydrogens is 429 g/mol. The summed E-state index contributed by atoms with van der Waals surface area (Å²) in [5.74, 6) is -0.474. The first kappa shape index (κ1) is 25.5. The SMILES string of the molecule is CC(C)CN(CCCC(C)C(=O)NC(=S)N[C@@H](C)c1ccc(F)cc1)C(=O)c1ccoc1. The number of hydrogen-bond acceptors (Lipinski definition) is 4. The van der Waals surface area contributed by atoms with E-state index < -0.39 is 0 Å². The zero-order chi connectivity index (χ0) is 23.7. The molecule has 8 heteroatoms. The zero-order valence-electron chi connectivity index (χ0n) is 19.1. The van der Waals surface area contributed by atoms with Gasteiger partial charge in [0.15, 0.2) is 5.11 Å². The van der Waals surface area contributed by atoms with Gasteiger partial charge < -0.3 is 20.0 Å². The molecule has 32 heavy (non-hydrogen) atoms. The number of benzene rings is 1. The Hall–Kier alpha value is -2.74. The molecule has 0 spiro atoms. The van der Waals surface area contributed by atoms with Crippen molar-refractivity contribution in [1.29, 1.82) is 0 Å². The summed E-state index contributed by atoms with van der Waals surface area (Å²) in [4.78, 5) is 27.0. The fourth-order valence-electron chi connectivity index (χ4n) is 3.31. The Morgan fingerprint density at radius 1 is 1.12 bits per heavy atom. The Labute approximate surface area is 194 Å². The van der Waals surface area contributed by atoms with Crippen molar-refractivity contribution in [2.75, 3.05) is 13.1 Å². The molecule has 0 aliphatic heterocycles. The predicted octanol–water partition coefficient (Wildman–Crippen LogP) is 4.69. The summed E-state index contributed by atoms with van der Waals surface area (Å²) in [5.41, 5.74) is 1.40. The van der Waals surface area contributed by atoms with Crippen molar-refractivity contribution >= 4 is 29.1 Å². The van der Waals surface area contributed by atoms with Gasteiger partial charge in [-0.15, -0.1) is 0 Å². The van der Waals surface area contributed by atoms with Crippen LogP contribution in [0.5, 0.6) is 0 Å². The highest BCUT2D eigenvalue weighted by Crippen LogP contribution is 2.14. The van der Waals surface area contributed by atoms with Crippen LogP contribution in [0.25, 0.3) is 0 Å². The molecule has 0 aliphatic rings. The van der Waals surface area contributed by atoms with Crippen LogP contribution in [0.15, 0.2) is 47.3 Å². The first-order valence-corrected chi connectivity index (χ1v) is 11.3. The summed E-state index contributed by atoms with van der Waals surface area (Å²) in [7, 11) is 0. The molecule has 174 valence electrons. The molecule has 0 fully saturated rings. The Balaban J connectivity index is 1.79. The normalized spacial score (nSPS) is 12.8. The molecule has 2 atom stereocenters. The number of nitrogens with one attached hydrogen (secondary N) is 2. The summed E-state index contributed by atoms with van der Waals surface area (Å²) >= 11 is 5.25. The van der Waals surface area contributed by atoms with Gasteiger partial charge in [-0.05, 0) is 61.7 Å². The lowest BCUT2D eigenvalue weighted by atomic mass is 10.0. The highest BCUT2D eigenvalue weighted by molar-refractivity contribution is 7.80. The van der Waals surface area contributed by atoms with E-state index in [2.05, 4.69) is 24.5 Å². The second-order valence-corrected chi connectivity index (χ2v) is 8.84. The molecule has 2 amide bonds. The lowest BCUT2D eigenvalue weighted by Gasteiger charge is -2.25. The topological polar surface area (TPSA) is 74.6 Å². The maximum Gasteiger partial charge on any atom is 0.257 e. The summed E-state index contributed by atoms with van der Waals surface area (Å²) in [6.07, 6.45) is 4.25. The van der Waals surface area contributed by atoms with E-state index >= 15 is 0 Å². The van der Waals surface area contributed by atoms with Crippen LogP contribution in [0, 0.1) is 17.7 Å². The molecule has 0 saturated carbocycles. The Kier molecular flexibility index (Phi) is 9.84. The van der Waals surface area contributed by atoms with Gasteiger partial charge in [0.2, 0.25) is 5.91 Å². The molecule has 0 aliphatic carbocycles. The van der Waals surface area contributed by atoms with Gasteiger partial charge in [-0.2, -0.15) is 0 Å². The van der Waals surface area contributed by atoms with E-state index in [-0.39, 0.29) is 34.7 Å². The van der Waals surface area contributed by atoms with Gasteiger partial charge >= 0.3 is 0 Å². The van der Waals surface area contributed by atoms with Crippen molar-refractivity contribution in [1.82, 2.24) is 15.5 Å². The van der Waals surface area contributed by atoms with Crippen molar-refractivity contribution in [3.05, 3.63) is 59.8 Å². The zero-order valence-corrected chi connectivity index (χ0v) is 19.9. The molecule has 1 aromatic carbocycles. The second-order valence-electron chi connectivity index (χ2n) is 8.44. The van der Waals surface area contributed by atoms with Crippen molar-refractivity contribution in [2.24, 2.45) is 11.8 Å². The molecule has 2 rings (SSSR count). The third-order valence-electron chi connectivity index (χ3n) is 5.11. The summed E-state index contributed by atoms with van der Waals surface area (Å²) < 4.78 is 18.1. The molecule has 0 bridgehead atoms. The van der Waals surface area contributed by atoms with E-state index in [4.69, 9.17) is 16.6 Å². The Morgan fingerprint density at radius 3 is 2.41 bits per heavy atom. The Bertz CT molecular complexity index is 884. The molecule has 0 radical (unpaired) electrons. The minimum atomic E-state index is -0.302. The van der Waals surface area contributed by atoms with Crippen molar-refractivity contribution in [2.45, 2.75) is 46.6 Å². The molecule has 1 aromatic heterocycles. The number of rotatable bonds is 10. The number of hydrogen-bond donors (Lipinski definition) is 2. The van der Waals surface area contributed by atoms with E-state index in [1.54, 1.807) is 23.1 Å². The fourth-order valence-corrected chi connectivity index (χ4v) is 3.58. The van der Waals surface area contributed by atoms with Gasteiger partial charge in [-0.1, -0.05) is 32.9 Å². The summed E-state index contributed by atoms with van der Waals surface area (Å²) in [6.45, 7) is 9.05. The number of thiocarbonyl (C=S) groups is 1. The van der Waals surface area contributed by atoms with Crippen LogP contribution >= 0.6 is 12.2 Å². The minimum Gasteiger partial charge on any atom is -0.472 e. The van der Waals surface area contributed by atoms with E-state index in [9.17, 15) is 14.0 Å². The van der Waals surface area contributed by atoms with Gasteiger partial charge in [0, 0.05) is 19.0 Å². The van der Waals surface area contributed by atoms with Gasteiger partial charge in [-0.25, -0.2) is 4.39 Å². The quantitative estimate of drug-likeness (QED) is 0.503. The maximum absolute atomic E-state index is 13.1. The van der Waals surface area contributed by atoms with Gasteiger partial charge in [0.25, 0.3) is 5.91 Å². The average Bonchev–Trinajstić information content (AvgIpc) is 3.27. The maximum atomic E-state index is 13.1. The van der Waals surface area contributed by atoms with E-state index in [1.165, 1.54) is 24.7 Å². The second kappa shape index (κ2) is 12.3. The molecule has 0 saturated heterocycles. The minimum absolute atomic E-state index is 0.0651. The van der Waals surface area contributed by atoms with E-state index in [1.807, 2.05) is 13.8 Å². The van der Waals surface area contributed by atoms with Crippen LogP contribution in [-0.4, -0.2) is 34.9 Å². The average molecular weight is 462 g/mol. The molecule has 1 unspecified atom stereocenters. The molecule has 6 nitrogen and oxygen atoms in total. The number of nitrogens with zero attached hydrogens (tertiary/aromatic N) is 1. The first-order valence-electron chi connectivity index (χ1n) is 10.9. The highest BCUT2D eigenvalue weighted by atomic mass is 32.1. The standard InChI is InChI=1S/C24H32FN3O3S/c1-16(2)14-28(23(30)20-11-13-31-15-20)12-5-6-17(3)22(29)27-24(32)26-18(4)19-7-9-21(25)10-8-19/h7-11,13,15-18H,5-6,12,14H2,1-4H3,(H2,26,27,29,32)/t17?,18-/m0/s1. The lowest BCUT2D eigenvalue weighted by Crippen LogP contribution is -2.42. The first-order chi connectivity index (χ1) is 15.2. The van der Waals surface area contributed by atoms with Gasteiger partial charge in [-0.3, -0.25) is 9.59 Å². The van der Waals surface area contributed by atoms with Crippen molar-refractivity contribution in [3.8, 4) is 0 Å². The number of halogens is 1. The van der Waals surface area contributed by atoms with E-state index in [0.717, 1.165) is 5.56 Å². The fraction of sp³-hybridized carbons (Fsp3) is 0.458. The molecule has 1 heterocycles. The van der Waals surface area contributed by atoms with Gasteiger partial charge in [0.1, 0.15) is 12.1 Å². The van der Waals surface area contributed by atoms with Crippen molar-refractivity contribution in [3.63, 3.8) is 0 Å². The number of carbonyl (C=O) groups is 2. The van der Waals surface area contributed by atoms with Crippen LogP contribution in [0.3, 0.4) is 0 Å². The number of carbonyl (C=O) groups excluding carboxylic acids is 2. The number of amides is 2. The molecule has 2 aromatic rings. The highest BCUT2D eigenvalue weighted by Gasteiger charge is 2.20.